The van der Waals surface area contributed by atoms with Crippen LogP contribution in [0.2, 0.25) is 0 Å². The average molecular weight is 598 g/mol. The second kappa shape index (κ2) is 15.3. The van der Waals surface area contributed by atoms with Gasteiger partial charge in [-0.2, -0.15) is 0 Å². The van der Waals surface area contributed by atoms with Crippen LogP contribution in [0.25, 0.3) is 0 Å². The van der Waals surface area contributed by atoms with Crippen LogP contribution in [0.1, 0.15) is 44.2 Å². The molecule has 0 aliphatic carbocycles. The summed E-state index contributed by atoms with van der Waals surface area (Å²) in [7, 11) is -2.12. The van der Waals surface area contributed by atoms with Gasteiger partial charge < -0.3 is 15.0 Å². The number of benzene rings is 3. The van der Waals surface area contributed by atoms with Crippen LogP contribution in [0.15, 0.2) is 78.9 Å². The molecule has 42 heavy (non-hydrogen) atoms. The molecule has 0 aliphatic heterocycles. The zero-order valence-corrected chi connectivity index (χ0v) is 25.4. The van der Waals surface area contributed by atoms with E-state index in [9.17, 15) is 22.4 Å². The van der Waals surface area contributed by atoms with Gasteiger partial charge in [0.25, 0.3) is 0 Å². The Morgan fingerprint density at radius 3 is 2.21 bits per heavy atom. The highest BCUT2D eigenvalue weighted by molar-refractivity contribution is 7.92. The van der Waals surface area contributed by atoms with Crippen molar-refractivity contribution in [2.24, 2.45) is 0 Å². The first kappa shape index (κ1) is 32.6. The smallest absolute Gasteiger partial charge is 0.243 e. The first-order valence-electron chi connectivity index (χ1n) is 14.0. The van der Waals surface area contributed by atoms with E-state index in [0.717, 1.165) is 11.8 Å². The van der Waals surface area contributed by atoms with Crippen LogP contribution in [0, 0.1) is 5.82 Å². The van der Waals surface area contributed by atoms with E-state index >= 15 is 0 Å². The number of nitrogens with zero attached hydrogens (tertiary/aromatic N) is 2. The topological polar surface area (TPSA) is 96.0 Å². The van der Waals surface area contributed by atoms with E-state index in [2.05, 4.69) is 5.32 Å². The predicted octanol–water partition coefficient (Wildman–Crippen LogP) is 4.94. The molecule has 0 aliphatic rings. The van der Waals surface area contributed by atoms with Crippen molar-refractivity contribution in [3.05, 3.63) is 95.8 Å². The van der Waals surface area contributed by atoms with Gasteiger partial charge in [-0.1, -0.05) is 55.5 Å². The van der Waals surface area contributed by atoms with Gasteiger partial charge in [0.2, 0.25) is 21.8 Å². The maximum atomic E-state index is 14.8. The van der Waals surface area contributed by atoms with Crippen molar-refractivity contribution in [3.8, 4) is 5.75 Å². The Balaban J connectivity index is 1.89. The molecular formula is C32H40FN3O5S. The lowest BCUT2D eigenvalue weighted by Gasteiger charge is -2.33. The quantitative estimate of drug-likeness (QED) is 0.268. The molecule has 8 nitrogen and oxygen atoms in total. The molecule has 2 amide bonds. The highest BCUT2D eigenvalue weighted by Crippen LogP contribution is 2.23. The Morgan fingerprint density at radius 1 is 0.976 bits per heavy atom. The van der Waals surface area contributed by atoms with E-state index in [1.165, 1.54) is 22.4 Å². The number of ether oxygens (including phenoxy) is 1. The molecule has 3 aromatic rings. The van der Waals surface area contributed by atoms with Crippen LogP contribution >= 0.6 is 0 Å². The molecule has 0 radical (unpaired) electrons. The Kier molecular flexibility index (Phi) is 11.9. The summed E-state index contributed by atoms with van der Waals surface area (Å²) in [4.78, 5) is 28.9. The predicted molar refractivity (Wildman–Crippen MR) is 163 cm³/mol. The number of halogens is 1. The molecule has 2 atom stereocenters. The van der Waals surface area contributed by atoms with Crippen molar-refractivity contribution in [1.82, 2.24) is 10.2 Å². The van der Waals surface area contributed by atoms with Crippen LogP contribution in [-0.4, -0.2) is 57.1 Å². The Hall–Kier alpha value is -3.92. The van der Waals surface area contributed by atoms with Gasteiger partial charge in [0.1, 0.15) is 17.6 Å². The van der Waals surface area contributed by atoms with Gasteiger partial charge in [-0.05, 0) is 55.7 Å². The summed E-state index contributed by atoms with van der Waals surface area (Å²) >= 11 is 0. The number of nitrogens with one attached hydrogen (secondary N) is 1. The lowest BCUT2D eigenvalue weighted by Crippen LogP contribution is -2.52. The summed E-state index contributed by atoms with van der Waals surface area (Å²) in [6.45, 7) is 3.78. The first-order chi connectivity index (χ1) is 20.0. The summed E-state index contributed by atoms with van der Waals surface area (Å²) in [5.41, 5.74) is 1.59. The van der Waals surface area contributed by atoms with Crippen molar-refractivity contribution in [3.63, 3.8) is 0 Å². The third-order valence-electron chi connectivity index (χ3n) is 7.08. The fourth-order valence-corrected chi connectivity index (χ4v) is 5.52. The molecule has 0 saturated heterocycles. The molecule has 0 saturated carbocycles. The zero-order valence-electron chi connectivity index (χ0n) is 24.6. The zero-order chi connectivity index (χ0) is 30.7. The minimum atomic E-state index is -3.64. The number of methoxy groups -OCH3 is 1. The van der Waals surface area contributed by atoms with Gasteiger partial charge in [0.05, 0.1) is 19.1 Å². The maximum Gasteiger partial charge on any atom is 0.243 e. The molecule has 3 aromatic carbocycles. The van der Waals surface area contributed by atoms with Crippen LogP contribution in [0.5, 0.6) is 5.75 Å². The maximum absolute atomic E-state index is 14.8. The summed E-state index contributed by atoms with van der Waals surface area (Å²) < 4.78 is 46.4. The van der Waals surface area contributed by atoms with Gasteiger partial charge in [-0.25, -0.2) is 12.8 Å². The molecule has 0 unspecified atom stereocenters. The van der Waals surface area contributed by atoms with Crippen LogP contribution in [0.3, 0.4) is 0 Å². The number of sulfonamides is 1. The number of carbonyl (C=O) groups is 2. The first-order valence-corrected chi connectivity index (χ1v) is 15.9. The molecule has 226 valence electrons. The average Bonchev–Trinajstić information content (AvgIpc) is 2.97. The summed E-state index contributed by atoms with van der Waals surface area (Å²) in [6.07, 6.45) is 2.20. The molecule has 0 bridgehead atoms. The molecule has 3 rings (SSSR count). The minimum absolute atomic E-state index is 0.0431. The molecule has 0 heterocycles. The van der Waals surface area contributed by atoms with Gasteiger partial charge in [0.15, 0.2) is 0 Å². The lowest BCUT2D eigenvalue weighted by atomic mass is 10.0. The number of hydrogen-bond acceptors (Lipinski definition) is 5. The van der Waals surface area contributed by atoms with Crippen molar-refractivity contribution in [2.75, 3.05) is 24.2 Å². The van der Waals surface area contributed by atoms with Crippen molar-refractivity contribution in [1.29, 1.82) is 0 Å². The summed E-state index contributed by atoms with van der Waals surface area (Å²) in [5.74, 6) is -0.583. The molecule has 1 N–H and O–H groups in total. The van der Waals surface area contributed by atoms with E-state index in [1.54, 1.807) is 42.5 Å². The number of amides is 2. The molecule has 0 fully saturated rings. The van der Waals surface area contributed by atoms with Gasteiger partial charge in [0, 0.05) is 37.5 Å². The highest BCUT2D eigenvalue weighted by atomic mass is 32.2. The normalized spacial score (nSPS) is 12.7. The molecule has 0 spiro atoms. The number of anilines is 1. The fourth-order valence-electron chi connectivity index (χ4n) is 4.56. The second-order valence-electron chi connectivity index (χ2n) is 10.3. The second-order valence-corrected chi connectivity index (χ2v) is 12.2. The van der Waals surface area contributed by atoms with Crippen LogP contribution in [-0.2, 0) is 32.6 Å². The SMILES string of the molecule is CC[C@H](C)NC(=O)[C@H](Cc1ccccc1)N(Cc1ccccc1F)C(=O)CCCN(c1ccc(OC)cc1)S(C)(=O)=O. The van der Waals surface area contributed by atoms with Crippen LogP contribution in [0.4, 0.5) is 10.1 Å². The largest absolute Gasteiger partial charge is 0.497 e. The third-order valence-corrected chi connectivity index (χ3v) is 8.28. The Morgan fingerprint density at radius 2 is 1.62 bits per heavy atom. The van der Waals surface area contributed by atoms with E-state index in [1.807, 2.05) is 44.2 Å². The van der Waals surface area contributed by atoms with Gasteiger partial charge in [-0.3, -0.25) is 13.9 Å². The summed E-state index contributed by atoms with van der Waals surface area (Å²) in [6, 6.07) is 21.1. The molecule has 10 heteroatoms. The van der Waals surface area contributed by atoms with Gasteiger partial charge in [-0.15, -0.1) is 0 Å². The molecule has 0 aromatic heterocycles. The number of carbonyl (C=O) groups excluding carboxylic acids is 2. The number of hydrogen-bond donors (Lipinski definition) is 1. The van der Waals surface area contributed by atoms with Crippen LogP contribution < -0.4 is 14.4 Å². The molecular weight excluding hydrogens is 557 g/mol. The van der Waals surface area contributed by atoms with E-state index in [4.69, 9.17) is 4.74 Å². The standard InChI is InChI=1S/C32H40FN3O5S/c1-5-24(2)34-32(38)30(22-25-12-7-6-8-13-25)35(23-26-14-9-10-15-29(26)33)31(37)16-11-21-36(42(4,39)40)27-17-19-28(41-3)20-18-27/h6-10,12-15,17-20,24,30H,5,11,16,21-23H2,1-4H3,(H,34,38)/t24-,30-/m0/s1. The monoisotopic (exact) mass is 597 g/mol. The Labute approximate surface area is 248 Å². The Bertz CT molecular complexity index is 1420. The van der Waals surface area contributed by atoms with Crippen molar-refractivity contribution < 1.29 is 27.1 Å². The summed E-state index contributed by atoms with van der Waals surface area (Å²) in [5, 5.41) is 2.99. The van der Waals surface area contributed by atoms with E-state index < -0.39 is 21.9 Å². The van der Waals surface area contributed by atoms with E-state index in [0.29, 0.717) is 17.9 Å². The lowest BCUT2D eigenvalue weighted by molar-refractivity contribution is -0.141. The number of rotatable bonds is 15. The van der Waals surface area contributed by atoms with Gasteiger partial charge >= 0.3 is 0 Å². The fraction of sp³-hybridized carbons (Fsp3) is 0.375. The third kappa shape index (κ3) is 9.30. The van der Waals surface area contributed by atoms with Crippen molar-refractivity contribution in [2.45, 2.75) is 58.2 Å². The van der Waals surface area contributed by atoms with Crippen molar-refractivity contribution >= 4 is 27.5 Å². The highest BCUT2D eigenvalue weighted by Gasteiger charge is 2.31. The van der Waals surface area contributed by atoms with E-state index in [-0.39, 0.29) is 55.8 Å². The minimum Gasteiger partial charge on any atom is -0.497 e.